The number of nitrogens with one attached hydrogen (secondary N) is 1. The molecule has 106 valence electrons. The van der Waals surface area contributed by atoms with Crippen molar-refractivity contribution in [3.8, 4) is 0 Å². The van der Waals surface area contributed by atoms with Crippen LogP contribution < -0.4 is 5.32 Å². The van der Waals surface area contributed by atoms with Gasteiger partial charge in [-0.25, -0.2) is 9.07 Å². The Morgan fingerprint density at radius 3 is 2.95 bits per heavy atom. The highest BCUT2D eigenvalue weighted by Gasteiger charge is 2.19. The number of hydrogen-bond acceptors (Lipinski definition) is 2. The van der Waals surface area contributed by atoms with Crippen molar-refractivity contribution >= 4 is 5.82 Å². The fourth-order valence-electron chi connectivity index (χ4n) is 2.84. The second kappa shape index (κ2) is 5.65. The number of anilines is 1. The van der Waals surface area contributed by atoms with Crippen molar-refractivity contribution in [3.63, 3.8) is 0 Å². The smallest absolute Gasteiger partial charge is 0.127 e. The van der Waals surface area contributed by atoms with Crippen LogP contribution in [0, 0.1) is 5.82 Å². The van der Waals surface area contributed by atoms with E-state index in [1.165, 1.54) is 24.5 Å². The van der Waals surface area contributed by atoms with E-state index in [4.69, 9.17) is 0 Å². The fourth-order valence-corrected chi connectivity index (χ4v) is 2.84. The summed E-state index contributed by atoms with van der Waals surface area (Å²) in [6.07, 6.45) is 3.95. The van der Waals surface area contributed by atoms with Gasteiger partial charge in [0.2, 0.25) is 0 Å². The molecule has 0 unspecified atom stereocenters. The molecule has 2 aromatic rings. The van der Waals surface area contributed by atoms with Crippen LogP contribution in [0.5, 0.6) is 0 Å². The normalized spacial score (nSPS) is 14.5. The van der Waals surface area contributed by atoms with Crippen LogP contribution >= 0.6 is 0 Å². The summed E-state index contributed by atoms with van der Waals surface area (Å²) in [7, 11) is 0. The zero-order valence-corrected chi connectivity index (χ0v) is 11.8. The molecule has 1 aliphatic rings. The Kier molecular flexibility index (Phi) is 3.72. The topological polar surface area (TPSA) is 29.9 Å². The van der Waals surface area contributed by atoms with E-state index >= 15 is 0 Å². The maximum Gasteiger partial charge on any atom is 0.127 e. The average Bonchev–Trinajstić information content (AvgIpc) is 2.64. The highest BCUT2D eigenvalue weighted by atomic mass is 19.1. The molecule has 0 atom stereocenters. The lowest BCUT2D eigenvalue weighted by molar-refractivity contribution is 0.609. The predicted octanol–water partition coefficient (Wildman–Crippen LogP) is 3.38. The third-order valence-electron chi connectivity index (χ3n) is 3.89. The van der Waals surface area contributed by atoms with Gasteiger partial charge in [0.25, 0.3) is 0 Å². The number of halogens is 1. The average molecular weight is 273 g/mol. The molecule has 0 spiro atoms. The Morgan fingerprint density at radius 1 is 1.30 bits per heavy atom. The van der Waals surface area contributed by atoms with Gasteiger partial charge in [-0.05, 0) is 37.8 Å². The molecule has 3 nitrogen and oxygen atoms in total. The first kappa shape index (κ1) is 13.2. The molecule has 1 aromatic heterocycles. The first-order valence-corrected chi connectivity index (χ1v) is 7.35. The van der Waals surface area contributed by atoms with Gasteiger partial charge in [0.05, 0.1) is 5.69 Å². The molecule has 1 aliphatic heterocycles. The molecular formula is C16H20FN3. The van der Waals surface area contributed by atoms with Crippen molar-refractivity contribution < 1.29 is 4.39 Å². The van der Waals surface area contributed by atoms with Gasteiger partial charge < -0.3 is 5.32 Å². The van der Waals surface area contributed by atoms with E-state index in [1.807, 2.05) is 16.8 Å². The minimum absolute atomic E-state index is 0.145. The molecule has 20 heavy (non-hydrogen) atoms. The monoisotopic (exact) mass is 273 g/mol. The molecule has 0 saturated carbocycles. The molecule has 4 heteroatoms. The van der Waals surface area contributed by atoms with Crippen LogP contribution in [0.3, 0.4) is 0 Å². The highest BCUT2D eigenvalue weighted by Crippen LogP contribution is 2.27. The number of fused-ring (bicyclic) bond motifs is 1. The van der Waals surface area contributed by atoms with Gasteiger partial charge in [-0.3, -0.25) is 0 Å². The number of aryl methyl sites for hydroxylation is 1. The van der Waals surface area contributed by atoms with E-state index in [2.05, 4.69) is 17.3 Å². The minimum atomic E-state index is -0.145. The van der Waals surface area contributed by atoms with Crippen LogP contribution in [0.4, 0.5) is 10.2 Å². The van der Waals surface area contributed by atoms with E-state index in [0.717, 1.165) is 36.6 Å². The van der Waals surface area contributed by atoms with Gasteiger partial charge in [0.1, 0.15) is 11.6 Å². The van der Waals surface area contributed by atoms with Crippen LogP contribution in [-0.4, -0.2) is 16.3 Å². The predicted molar refractivity (Wildman–Crippen MR) is 78.5 cm³/mol. The summed E-state index contributed by atoms with van der Waals surface area (Å²) in [5.41, 5.74) is 3.01. The Labute approximate surface area is 118 Å². The maximum absolute atomic E-state index is 13.8. The molecule has 0 saturated heterocycles. The van der Waals surface area contributed by atoms with Crippen molar-refractivity contribution in [1.29, 1.82) is 0 Å². The SMILES string of the molecule is CCn1nc(Cc2ccccc2F)c2c1NCCCC2. The fraction of sp³-hybridized carbons (Fsp3) is 0.438. The van der Waals surface area contributed by atoms with E-state index < -0.39 is 0 Å². The summed E-state index contributed by atoms with van der Waals surface area (Å²) in [5.74, 6) is 0.991. The molecule has 0 bridgehead atoms. The van der Waals surface area contributed by atoms with Crippen molar-refractivity contribution in [3.05, 3.63) is 46.9 Å². The van der Waals surface area contributed by atoms with Crippen LogP contribution in [0.1, 0.15) is 36.6 Å². The molecular weight excluding hydrogens is 253 g/mol. The molecule has 0 radical (unpaired) electrons. The van der Waals surface area contributed by atoms with E-state index in [-0.39, 0.29) is 5.82 Å². The third-order valence-corrected chi connectivity index (χ3v) is 3.89. The van der Waals surface area contributed by atoms with Gasteiger partial charge in [-0.1, -0.05) is 18.2 Å². The Balaban J connectivity index is 1.97. The molecule has 1 aromatic carbocycles. The summed E-state index contributed by atoms with van der Waals surface area (Å²) in [6.45, 7) is 3.93. The number of aromatic nitrogens is 2. The number of hydrogen-bond donors (Lipinski definition) is 1. The Morgan fingerprint density at radius 2 is 2.15 bits per heavy atom. The van der Waals surface area contributed by atoms with Gasteiger partial charge in [-0.2, -0.15) is 5.10 Å². The molecule has 0 fully saturated rings. The van der Waals surface area contributed by atoms with Crippen molar-refractivity contribution in [2.45, 2.75) is 39.2 Å². The quantitative estimate of drug-likeness (QED) is 0.929. The summed E-state index contributed by atoms with van der Waals surface area (Å²) in [5, 5.41) is 8.15. The van der Waals surface area contributed by atoms with Gasteiger partial charge in [0, 0.05) is 25.1 Å². The molecule has 0 amide bonds. The molecule has 3 rings (SSSR count). The number of benzene rings is 1. The second-order valence-corrected chi connectivity index (χ2v) is 5.24. The zero-order valence-electron chi connectivity index (χ0n) is 11.8. The van der Waals surface area contributed by atoms with Gasteiger partial charge in [0.15, 0.2) is 0 Å². The maximum atomic E-state index is 13.8. The summed E-state index contributed by atoms with van der Waals surface area (Å²) in [4.78, 5) is 0. The Hall–Kier alpha value is -1.84. The summed E-state index contributed by atoms with van der Waals surface area (Å²) in [6, 6.07) is 6.97. The lowest BCUT2D eigenvalue weighted by atomic mass is 10.0. The molecule has 0 aliphatic carbocycles. The van der Waals surface area contributed by atoms with E-state index in [9.17, 15) is 4.39 Å². The molecule has 1 N–H and O–H groups in total. The molecule has 2 heterocycles. The lowest BCUT2D eigenvalue weighted by Gasteiger charge is -2.06. The zero-order chi connectivity index (χ0) is 13.9. The standard InChI is InChI=1S/C16H20FN3/c1-2-20-16-13(8-5-6-10-18-16)15(19-20)11-12-7-3-4-9-14(12)17/h3-4,7,9,18H,2,5-6,8,10-11H2,1H3. The van der Waals surface area contributed by atoms with Crippen molar-refractivity contribution in [2.75, 3.05) is 11.9 Å². The lowest BCUT2D eigenvalue weighted by Crippen LogP contribution is -2.07. The van der Waals surface area contributed by atoms with Crippen LogP contribution in [0.2, 0.25) is 0 Å². The first-order valence-electron chi connectivity index (χ1n) is 7.35. The minimum Gasteiger partial charge on any atom is -0.370 e. The van der Waals surface area contributed by atoms with E-state index in [0.29, 0.717) is 6.42 Å². The van der Waals surface area contributed by atoms with Crippen LogP contribution in [-0.2, 0) is 19.4 Å². The van der Waals surface area contributed by atoms with Gasteiger partial charge >= 0.3 is 0 Å². The number of nitrogens with zero attached hydrogens (tertiary/aromatic N) is 2. The van der Waals surface area contributed by atoms with Crippen molar-refractivity contribution in [2.24, 2.45) is 0 Å². The van der Waals surface area contributed by atoms with Gasteiger partial charge in [-0.15, -0.1) is 0 Å². The summed E-state index contributed by atoms with van der Waals surface area (Å²) >= 11 is 0. The first-order chi connectivity index (χ1) is 9.79. The summed E-state index contributed by atoms with van der Waals surface area (Å²) < 4.78 is 15.8. The second-order valence-electron chi connectivity index (χ2n) is 5.24. The van der Waals surface area contributed by atoms with Crippen LogP contribution in [0.15, 0.2) is 24.3 Å². The van der Waals surface area contributed by atoms with Crippen molar-refractivity contribution in [1.82, 2.24) is 9.78 Å². The number of rotatable bonds is 3. The largest absolute Gasteiger partial charge is 0.370 e. The van der Waals surface area contributed by atoms with Crippen LogP contribution in [0.25, 0.3) is 0 Å². The third kappa shape index (κ3) is 2.42. The Bertz CT molecular complexity index is 604. The highest BCUT2D eigenvalue weighted by molar-refractivity contribution is 5.50. The van der Waals surface area contributed by atoms with E-state index in [1.54, 1.807) is 6.07 Å².